The minimum atomic E-state index is -1.27. The lowest BCUT2D eigenvalue weighted by Crippen LogP contribution is -1.99. The first-order valence-corrected chi connectivity index (χ1v) is 4.03. The second-order valence-corrected chi connectivity index (χ2v) is 2.68. The summed E-state index contributed by atoms with van der Waals surface area (Å²) in [5.74, 6) is 3.02. The van der Waals surface area contributed by atoms with E-state index >= 15 is 0 Å². The first kappa shape index (κ1) is 11.4. The Morgan fingerprint density at radius 2 is 2.19 bits per heavy atom. The van der Waals surface area contributed by atoms with Crippen molar-refractivity contribution in [3.63, 3.8) is 0 Å². The molecular weight excluding hydrogens is 214 g/mol. The fourth-order valence-corrected chi connectivity index (χ4v) is 1.03. The first-order chi connectivity index (χ1) is 7.56. The van der Waals surface area contributed by atoms with Gasteiger partial charge in [0.25, 0.3) is 5.69 Å². The highest BCUT2D eigenvalue weighted by Gasteiger charge is 2.15. The highest BCUT2D eigenvalue weighted by molar-refractivity contribution is 5.89. The van der Waals surface area contributed by atoms with Crippen molar-refractivity contribution < 1.29 is 19.6 Å². The molecule has 80 valence electrons. The molecule has 0 saturated heterocycles. The molecule has 0 unspecified atom stereocenters. The van der Waals surface area contributed by atoms with E-state index in [0.29, 0.717) is 6.29 Å². The molecule has 16 heavy (non-hydrogen) atoms. The number of carboxylic acid groups (broad SMARTS) is 1. The predicted octanol–water partition coefficient (Wildman–Crippen LogP) is 0.843. The van der Waals surface area contributed by atoms with Crippen molar-refractivity contribution in [2.45, 2.75) is 0 Å². The maximum Gasteiger partial charge on any atom is 0.335 e. The number of rotatable bonds is 2. The van der Waals surface area contributed by atoms with Crippen molar-refractivity contribution >= 4 is 17.9 Å². The molecule has 0 fully saturated rings. The molecule has 0 aromatic heterocycles. The van der Waals surface area contributed by atoms with Gasteiger partial charge in [0.15, 0.2) is 6.29 Å². The van der Waals surface area contributed by atoms with E-state index < -0.39 is 16.6 Å². The van der Waals surface area contributed by atoms with Crippen molar-refractivity contribution in [3.05, 3.63) is 39.4 Å². The number of carboxylic acids is 1. The molecule has 1 aromatic carbocycles. The number of carbonyl (C=O) groups is 2. The van der Waals surface area contributed by atoms with Crippen LogP contribution in [0.15, 0.2) is 18.2 Å². The van der Waals surface area contributed by atoms with Gasteiger partial charge in [0.05, 0.1) is 10.5 Å². The van der Waals surface area contributed by atoms with Gasteiger partial charge in [-0.15, -0.1) is 0 Å². The van der Waals surface area contributed by atoms with Crippen LogP contribution in [0.4, 0.5) is 5.69 Å². The van der Waals surface area contributed by atoms with Crippen LogP contribution in [0.3, 0.4) is 0 Å². The Labute approximate surface area is 89.7 Å². The smallest absolute Gasteiger partial charge is 0.335 e. The molecule has 0 heterocycles. The third-order valence-corrected chi connectivity index (χ3v) is 1.71. The SMILES string of the molecule is O=CC#Cc1ccc(C(=O)O)cc1[N+](=O)[O-]. The lowest BCUT2D eigenvalue weighted by atomic mass is 10.1. The molecule has 0 aliphatic rings. The maximum absolute atomic E-state index is 10.6. The first-order valence-electron chi connectivity index (χ1n) is 4.03. The van der Waals surface area contributed by atoms with Crippen molar-refractivity contribution in [1.82, 2.24) is 0 Å². The zero-order valence-electron chi connectivity index (χ0n) is 7.84. The number of hydrogen-bond acceptors (Lipinski definition) is 4. The number of benzene rings is 1. The second-order valence-electron chi connectivity index (χ2n) is 2.68. The predicted molar refractivity (Wildman–Crippen MR) is 53.0 cm³/mol. The minimum absolute atomic E-state index is 0.00194. The van der Waals surface area contributed by atoms with Gasteiger partial charge in [0.1, 0.15) is 5.56 Å². The Morgan fingerprint density at radius 1 is 1.50 bits per heavy atom. The minimum Gasteiger partial charge on any atom is -0.478 e. The van der Waals surface area contributed by atoms with Gasteiger partial charge >= 0.3 is 5.97 Å². The molecule has 0 bridgehead atoms. The summed E-state index contributed by atoms with van der Waals surface area (Å²) in [5.41, 5.74) is -0.639. The van der Waals surface area contributed by atoms with E-state index in [1.807, 2.05) is 5.92 Å². The Bertz CT molecular complexity index is 524. The van der Waals surface area contributed by atoms with Gasteiger partial charge in [-0.3, -0.25) is 14.9 Å². The van der Waals surface area contributed by atoms with Crippen LogP contribution < -0.4 is 0 Å². The lowest BCUT2D eigenvalue weighted by Gasteiger charge is -1.97. The van der Waals surface area contributed by atoms with Crippen LogP contribution in [-0.4, -0.2) is 22.3 Å². The van der Waals surface area contributed by atoms with E-state index in [0.717, 1.165) is 6.07 Å². The number of nitro benzene ring substituents is 1. The normalized spacial score (nSPS) is 8.75. The third-order valence-electron chi connectivity index (χ3n) is 1.71. The van der Waals surface area contributed by atoms with E-state index in [1.165, 1.54) is 12.1 Å². The monoisotopic (exact) mass is 219 g/mol. The molecule has 1 aromatic rings. The van der Waals surface area contributed by atoms with Gasteiger partial charge < -0.3 is 5.11 Å². The fraction of sp³-hybridized carbons (Fsp3) is 0. The van der Waals surface area contributed by atoms with Gasteiger partial charge in [0.2, 0.25) is 0 Å². The molecule has 6 heteroatoms. The van der Waals surface area contributed by atoms with Crippen LogP contribution in [-0.2, 0) is 4.79 Å². The van der Waals surface area contributed by atoms with Gasteiger partial charge in [-0.2, -0.15) is 0 Å². The van der Waals surface area contributed by atoms with Crippen LogP contribution in [0.25, 0.3) is 0 Å². The summed E-state index contributed by atoms with van der Waals surface area (Å²) in [6.07, 6.45) is 0.300. The third kappa shape index (κ3) is 2.42. The average Bonchev–Trinajstić information content (AvgIpc) is 2.25. The lowest BCUT2D eigenvalue weighted by molar-refractivity contribution is -0.385. The molecule has 0 spiro atoms. The Balaban J connectivity index is 3.35. The summed E-state index contributed by atoms with van der Waals surface area (Å²) >= 11 is 0. The van der Waals surface area contributed by atoms with Crippen molar-refractivity contribution in [2.24, 2.45) is 0 Å². The Morgan fingerprint density at radius 3 is 2.69 bits per heavy atom. The largest absolute Gasteiger partial charge is 0.478 e. The van der Waals surface area contributed by atoms with E-state index in [-0.39, 0.29) is 11.1 Å². The maximum atomic E-state index is 10.6. The number of aldehydes is 1. The number of nitro groups is 1. The van der Waals surface area contributed by atoms with Crippen LogP contribution in [0.1, 0.15) is 15.9 Å². The van der Waals surface area contributed by atoms with E-state index in [9.17, 15) is 19.7 Å². The Hall–Kier alpha value is -2.68. The second kappa shape index (κ2) is 4.70. The molecule has 0 saturated carbocycles. The van der Waals surface area contributed by atoms with Crippen molar-refractivity contribution in [2.75, 3.05) is 0 Å². The van der Waals surface area contributed by atoms with Crippen molar-refractivity contribution in [1.29, 1.82) is 0 Å². The highest BCUT2D eigenvalue weighted by atomic mass is 16.6. The summed E-state index contributed by atoms with van der Waals surface area (Å²) in [6.45, 7) is 0. The number of carbonyl (C=O) groups excluding carboxylic acids is 1. The standard InChI is InChI=1S/C10H5NO5/c12-5-1-2-7-3-4-8(10(13)14)6-9(7)11(15)16/h3-6H,(H,13,14). The quantitative estimate of drug-likeness (QED) is 0.344. The molecule has 0 amide bonds. The molecule has 0 aliphatic carbocycles. The van der Waals surface area contributed by atoms with E-state index in [1.54, 1.807) is 0 Å². The summed E-state index contributed by atoms with van der Waals surface area (Å²) in [5, 5.41) is 19.3. The zero-order chi connectivity index (χ0) is 12.1. The molecule has 0 aliphatic heterocycles. The Kier molecular flexibility index (Phi) is 3.35. The summed E-state index contributed by atoms with van der Waals surface area (Å²) in [4.78, 5) is 30.5. The zero-order valence-corrected chi connectivity index (χ0v) is 7.84. The molecule has 6 nitrogen and oxygen atoms in total. The molecular formula is C10H5NO5. The summed E-state index contributed by atoms with van der Waals surface area (Å²) < 4.78 is 0. The van der Waals surface area contributed by atoms with Crippen molar-refractivity contribution in [3.8, 4) is 11.8 Å². The van der Waals surface area contributed by atoms with Gasteiger partial charge in [-0.25, -0.2) is 4.79 Å². The fourth-order valence-electron chi connectivity index (χ4n) is 1.03. The van der Waals surface area contributed by atoms with Gasteiger partial charge in [-0.05, 0) is 18.1 Å². The summed E-state index contributed by atoms with van der Waals surface area (Å²) in [7, 11) is 0. The van der Waals surface area contributed by atoms with Crippen LogP contribution in [0.5, 0.6) is 0 Å². The molecule has 0 radical (unpaired) electrons. The van der Waals surface area contributed by atoms with Crippen LogP contribution in [0.2, 0.25) is 0 Å². The number of aromatic carboxylic acids is 1. The van der Waals surface area contributed by atoms with Gasteiger partial charge in [0, 0.05) is 6.07 Å². The number of nitrogens with zero attached hydrogens (tertiary/aromatic N) is 1. The van der Waals surface area contributed by atoms with Crippen LogP contribution in [0, 0.1) is 22.0 Å². The van der Waals surface area contributed by atoms with E-state index in [2.05, 4.69) is 5.92 Å². The molecule has 0 atom stereocenters. The summed E-state index contributed by atoms with van der Waals surface area (Å²) in [6, 6.07) is 3.28. The number of hydrogen-bond donors (Lipinski definition) is 1. The van der Waals surface area contributed by atoms with E-state index in [4.69, 9.17) is 5.11 Å². The topological polar surface area (TPSA) is 97.5 Å². The average molecular weight is 219 g/mol. The van der Waals surface area contributed by atoms with Gasteiger partial charge in [-0.1, -0.05) is 5.92 Å². The molecule has 1 N–H and O–H groups in total. The highest BCUT2D eigenvalue weighted by Crippen LogP contribution is 2.19. The van der Waals surface area contributed by atoms with Crippen LogP contribution >= 0.6 is 0 Å². The molecule has 1 rings (SSSR count).